The maximum absolute atomic E-state index is 10.9. The fourth-order valence-corrected chi connectivity index (χ4v) is 2.37. The molecule has 1 spiro atoms. The summed E-state index contributed by atoms with van der Waals surface area (Å²) in [7, 11) is 0. The van der Waals surface area contributed by atoms with Crippen LogP contribution in [0.1, 0.15) is 39.5 Å². The van der Waals surface area contributed by atoms with E-state index in [2.05, 4.69) is 5.16 Å². The van der Waals surface area contributed by atoms with Gasteiger partial charge in [0.2, 0.25) is 5.90 Å². The highest BCUT2D eigenvalue weighted by molar-refractivity contribution is 5.79. The van der Waals surface area contributed by atoms with Gasteiger partial charge in [-0.15, -0.1) is 0 Å². The number of hydrogen-bond donors (Lipinski definition) is 1. The normalized spacial score (nSPS) is 32.9. The lowest BCUT2D eigenvalue weighted by Gasteiger charge is -2.19. The summed E-state index contributed by atoms with van der Waals surface area (Å²) in [6.45, 7) is 3.87. The molecule has 0 aromatic heterocycles. The van der Waals surface area contributed by atoms with E-state index in [9.17, 15) is 4.79 Å². The highest BCUT2D eigenvalue weighted by Crippen LogP contribution is 2.43. The molecule has 0 aromatic rings. The summed E-state index contributed by atoms with van der Waals surface area (Å²) in [5, 5.41) is 12.9. The van der Waals surface area contributed by atoms with Gasteiger partial charge >= 0.3 is 5.97 Å². The fourth-order valence-electron chi connectivity index (χ4n) is 2.37. The zero-order valence-electron chi connectivity index (χ0n) is 9.60. The lowest BCUT2D eigenvalue weighted by Crippen LogP contribution is -2.27. The van der Waals surface area contributed by atoms with Crippen molar-refractivity contribution in [2.24, 2.45) is 11.1 Å². The van der Waals surface area contributed by atoms with Gasteiger partial charge in [0, 0.05) is 6.42 Å². The number of ether oxygens (including phenoxy) is 1. The van der Waals surface area contributed by atoms with Crippen molar-refractivity contribution in [3.63, 3.8) is 0 Å². The molecule has 1 saturated carbocycles. The van der Waals surface area contributed by atoms with Crippen LogP contribution < -0.4 is 0 Å². The molecule has 2 atom stereocenters. The number of carbonyl (C=O) groups is 1. The second-order valence-corrected chi connectivity index (χ2v) is 4.88. The zero-order valence-corrected chi connectivity index (χ0v) is 9.60. The maximum Gasteiger partial charge on any atom is 0.306 e. The molecule has 0 bridgehead atoms. The molecule has 2 rings (SSSR count). The van der Waals surface area contributed by atoms with E-state index in [1.807, 2.05) is 13.8 Å². The van der Waals surface area contributed by atoms with Gasteiger partial charge in [-0.1, -0.05) is 5.16 Å². The molecule has 5 heteroatoms. The Morgan fingerprint density at radius 3 is 3.00 bits per heavy atom. The van der Waals surface area contributed by atoms with Gasteiger partial charge in [0.05, 0.1) is 18.4 Å². The molecule has 1 heterocycles. The van der Waals surface area contributed by atoms with Gasteiger partial charge in [-0.3, -0.25) is 4.79 Å². The van der Waals surface area contributed by atoms with Crippen LogP contribution in [-0.2, 0) is 14.4 Å². The molecule has 0 radical (unpaired) electrons. The molecule has 1 aliphatic carbocycles. The number of carboxylic acid groups (broad SMARTS) is 1. The third kappa shape index (κ3) is 2.13. The quantitative estimate of drug-likeness (QED) is 0.780. The molecule has 1 N–H and O–H groups in total. The summed E-state index contributed by atoms with van der Waals surface area (Å²) in [6, 6.07) is 0. The summed E-state index contributed by atoms with van der Waals surface area (Å²) in [5.74, 6) is -0.437. The number of carboxylic acids is 1. The van der Waals surface area contributed by atoms with Crippen molar-refractivity contribution >= 4 is 11.9 Å². The van der Waals surface area contributed by atoms with E-state index in [1.165, 1.54) is 0 Å². The molecule has 0 saturated heterocycles. The zero-order chi connectivity index (χ0) is 11.8. The highest BCUT2D eigenvalue weighted by Gasteiger charge is 2.48. The van der Waals surface area contributed by atoms with Crippen LogP contribution in [0, 0.1) is 5.92 Å². The van der Waals surface area contributed by atoms with E-state index >= 15 is 0 Å². The molecule has 2 unspecified atom stereocenters. The Morgan fingerprint density at radius 1 is 1.69 bits per heavy atom. The van der Waals surface area contributed by atoms with Crippen LogP contribution in [0.5, 0.6) is 0 Å². The minimum Gasteiger partial charge on any atom is -0.481 e. The molecule has 1 fully saturated rings. The van der Waals surface area contributed by atoms with Crippen molar-refractivity contribution in [1.29, 1.82) is 0 Å². The lowest BCUT2D eigenvalue weighted by molar-refractivity contribution is -0.142. The first-order chi connectivity index (χ1) is 7.51. The van der Waals surface area contributed by atoms with Crippen LogP contribution in [0.25, 0.3) is 0 Å². The van der Waals surface area contributed by atoms with Gasteiger partial charge in [-0.05, 0) is 26.7 Å². The standard InChI is InChI=1S/C11H17NO4/c1-7(2)15-9-6-11(16-12-9)4-3-8(5-11)10(13)14/h7-8H,3-6H2,1-2H3,(H,13,14). The molecule has 1 aliphatic heterocycles. The molecule has 5 nitrogen and oxygen atoms in total. The number of rotatable bonds is 2. The van der Waals surface area contributed by atoms with Crippen LogP contribution in [0.3, 0.4) is 0 Å². The predicted molar refractivity (Wildman–Crippen MR) is 57.1 cm³/mol. The lowest BCUT2D eigenvalue weighted by atomic mass is 9.97. The molecule has 0 amide bonds. The SMILES string of the molecule is CC(C)OC1=NOC2(CCC(C(=O)O)C2)C1. The van der Waals surface area contributed by atoms with E-state index in [0.29, 0.717) is 25.2 Å². The fraction of sp³-hybridized carbons (Fsp3) is 0.818. The van der Waals surface area contributed by atoms with Gasteiger partial charge in [0.1, 0.15) is 5.60 Å². The van der Waals surface area contributed by atoms with Crippen molar-refractivity contribution in [1.82, 2.24) is 0 Å². The number of nitrogens with zero attached hydrogens (tertiary/aromatic N) is 1. The highest BCUT2D eigenvalue weighted by atomic mass is 16.7. The van der Waals surface area contributed by atoms with Crippen LogP contribution in [-0.4, -0.2) is 28.7 Å². The second-order valence-electron chi connectivity index (χ2n) is 4.88. The summed E-state index contributed by atoms with van der Waals surface area (Å²) in [4.78, 5) is 16.3. The third-order valence-electron chi connectivity index (χ3n) is 3.10. The van der Waals surface area contributed by atoms with E-state index in [0.717, 1.165) is 6.42 Å². The minimum atomic E-state index is -0.737. The van der Waals surface area contributed by atoms with E-state index < -0.39 is 11.6 Å². The Hall–Kier alpha value is -1.26. The van der Waals surface area contributed by atoms with E-state index in [-0.39, 0.29) is 12.0 Å². The maximum atomic E-state index is 10.9. The van der Waals surface area contributed by atoms with Crippen molar-refractivity contribution in [3.8, 4) is 0 Å². The van der Waals surface area contributed by atoms with Gasteiger partial charge in [0.25, 0.3) is 0 Å². The van der Waals surface area contributed by atoms with Crippen LogP contribution in [0.4, 0.5) is 0 Å². The number of aliphatic carboxylic acids is 1. The monoisotopic (exact) mass is 227 g/mol. The summed E-state index contributed by atoms with van der Waals surface area (Å²) >= 11 is 0. The third-order valence-corrected chi connectivity index (χ3v) is 3.10. The molecular weight excluding hydrogens is 210 g/mol. The summed E-state index contributed by atoms with van der Waals surface area (Å²) in [5.41, 5.74) is -0.409. The first-order valence-corrected chi connectivity index (χ1v) is 5.65. The Labute approximate surface area is 94.4 Å². The first kappa shape index (κ1) is 11.2. The van der Waals surface area contributed by atoms with Crippen LogP contribution in [0.2, 0.25) is 0 Å². The summed E-state index contributed by atoms with van der Waals surface area (Å²) < 4.78 is 5.47. The Kier molecular flexibility index (Phi) is 2.78. The van der Waals surface area contributed by atoms with Gasteiger partial charge in [0.15, 0.2) is 0 Å². The van der Waals surface area contributed by atoms with Crippen molar-refractivity contribution in [2.45, 2.75) is 51.2 Å². The van der Waals surface area contributed by atoms with E-state index in [1.54, 1.807) is 0 Å². The van der Waals surface area contributed by atoms with Crippen molar-refractivity contribution in [2.75, 3.05) is 0 Å². The first-order valence-electron chi connectivity index (χ1n) is 5.65. The smallest absolute Gasteiger partial charge is 0.306 e. The number of hydrogen-bond acceptors (Lipinski definition) is 4. The number of oxime groups is 1. The Morgan fingerprint density at radius 2 is 2.44 bits per heavy atom. The average molecular weight is 227 g/mol. The van der Waals surface area contributed by atoms with Crippen LogP contribution >= 0.6 is 0 Å². The largest absolute Gasteiger partial charge is 0.481 e. The second kappa shape index (κ2) is 3.96. The Balaban J connectivity index is 1.93. The van der Waals surface area contributed by atoms with Gasteiger partial charge in [-0.25, -0.2) is 0 Å². The molecular formula is C11H17NO4. The van der Waals surface area contributed by atoms with E-state index in [4.69, 9.17) is 14.7 Å². The van der Waals surface area contributed by atoms with Crippen LogP contribution in [0.15, 0.2) is 5.16 Å². The summed E-state index contributed by atoms with van der Waals surface area (Å²) in [6.07, 6.45) is 2.64. The minimum absolute atomic E-state index is 0.0779. The topological polar surface area (TPSA) is 68.1 Å². The average Bonchev–Trinajstić information content (AvgIpc) is 2.74. The molecule has 0 aromatic carbocycles. The molecule has 90 valence electrons. The predicted octanol–water partition coefficient (Wildman–Crippen LogP) is 1.77. The Bertz CT molecular complexity index is 326. The van der Waals surface area contributed by atoms with Gasteiger partial charge < -0.3 is 14.7 Å². The molecule has 16 heavy (non-hydrogen) atoms. The van der Waals surface area contributed by atoms with Crippen molar-refractivity contribution in [3.05, 3.63) is 0 Å². The van der Waals surface area contributed by atoms with Crippen molar-refractivity contribution < 1.29 is 19.5 Å². The molecule has 2 aliphatic rings. The van der Waals surface area contributed by atoms with Gasteiger partial charge in [-0.2, -0.15) is 0 Å².